The van der Waals surface area contributed by atoms with Crippen molar-refractivity contribution in [1.82, 2.24) is 25.2 Å². The molecule has 1 unspecified atom stereocenters. The summed E-state index contributed by atoms with van der Waals surface area (Å²) in [6.45, 7) is 4.74. The summed E-state index contributed by atoms with van der Waals surface area (Å²) in [5, 5.41) is 17.0. The molecule has 0 spiro atoms. The number of esters is 1. The van der Waals surface area contributed by atoms with E-state index in [2.05, 4.69) is 36.6 Å². The van der Waals surface area contributed by atoms with Crippen LogP contribution in [0.3, 0.4) is 0 Å². The first kappa shape index (κ1) is 23.8. The Bertz CT molecular complexity index is 1170. The summed E-state index contributed by atoms with van der Waals surface area (Å²) >= 11 is 3.50. The molecule has 0 N–H and O–H groups in total. The summed E-state index contributed by atoms with van der Waals surface area (Å²) in [7, 11) is 1.73. The number of nitrogens with zero attached hydrogens (tertiary/aromatic N) is 6. The minimum Gasteiger partial charge on any atom is -0.490 e. The van der Waals surface area contributed by atoms with E-state index in [4.69, 9.17) is 14.2 Å². The molecule has 4 rings (SSSR count). The van der Waals surface area contributed by atoms with Gasteiger partial charge in [0.15, 0.2) is 0 Å². The van der Waals surface area contributed by atoms with Gasteiger partial charge >= 0.3 is 11.9 Å². The van der Waals surface area contributed by atoms with Gasteiger partial charge in [-0.25, -0.2) is 14.5 Å². The minimum absolute atomic E-state index is 0.270. The van der Waals surface area contributed by atoms with Gasteiger partial charge in [0.25, 0.3) is 0 Å². The molecule has 11 heteroatoms. The van der Waals surface area contributed by atoms with Crippen LogP contribution >= 0.6 is 15.9 Å². The van der Waals surface area contributed by atoms with Crippen molar-refractivity contribution in [3.8, 4) is 5.75 Å². The lowest BCUT2D eigenvalue weighted by atomic mass is 10.1. The molecule has 0 aliphatic carbocycles. The smallest absolute Gasteiger partial charge is 0.342 e. The molecule has 34 heavy (non-hydrogen) atoms. The average molecular weight is 529 g/mol. The normalized spacial score (nSPS) is 17.5. The van der Waals surface area contributed by atoms with Crippen LogP contribution in [-0.2, 0) is 22.6 Å². The van der Waals surface area contributed by atoms with Crippen molar-refractivity contribution in [1.29, 1.82) is 0 Å². The van der Waals surface area contributed by atoms with Crippen LogP contribution in [0.4, 0.5) is 0 Å². The summed E-state index contributed by atoms with van der Waals surface area (Å²) < 4.78 is 20.4. The number of hydrogen-bond donors (Lipinski definition) is 0. The first-order chi connectivity index (χ1) is 16.4. The third-order valence-corrected chi connectivity index (χ3v) is 6.01. The Morgan fingerprint density at radius 1 is 1.18 bits per heavy atom. The molecule has 1 aromatic heterocycles. The Morgan fingerprint density at radius 3 is 2.65 bits per heavy atom. The van der Waals surface area contributed by atoms with Crippen molar-refractivity contribution in [3.63, 3.8) is 0 Å². The van der Waals surface area contributed by atoms with Gasteiger partial charge < -0.3 is 14.2 Å². The van der Waals surface area contributed by atoms with Gasteiger partial charge in [-0.05, 0) is 57.9 Å². The van der Waals surface area contributed by atoms with Gasteiger partial charge in [0.2, 0.25) is 0 Å². The molecule has 3 aromatic rings. The molecule has 0 radical (unpaired) electrons. The summed E-state index contributed by atoms with van der Waals surface area (Å²) in [4.78, 5) is 13.3. The fraction of sp³-hybridized carbons (Fsp3) is 0.348. The quantitative estimate of drug-likeness (QED) is 0.306. The summed E-state index contributed by atoms with van der Waals surface area (Å²) in [6.07, 6.45) is 1.85. The fourth-order valence-corrected chi connectivity index (χ4v) is 4.18. The van der Waals surface area contributed by atoms with Gasteiger partial charge in [-0.1, -0.05) is 30.3 Å². The molecule has 0 saturated carbocycles. The first-order valence-electron chi connectivity index (χ1n) is 10.7. The van der Waals surface area contributed by atoms with Gasteiger partial charge in [-0.15, -0.1) is 5.10 Å². The van der Waals surface area contributed by atoms with E-state index in [1.54, 1.807) is 28.9 Å². The van der Waals surface area contributed by atoms with E-state index in [0.717, 1.165) is 15.7 Å². The Labute approximate surface area is 205 Å². The fourth-order valence-electron chi connectivity index (χ4n) is 3.63. The molecule has 1 aliphatic rings. The number of hydrazone groups is 1. The van der Waals surface area contributed by atoms with E-state index in [-0.39, 0.29) is 6.61 Å². The molecule has 1 atom stereocenters. The molecule has 2 aromatic carbocycles. The van der Waals surface area contributed by atoms with Crippen molar-refractivity contribution in [2.24, 2.45) is 5.10 Å². The van der Waals surface area contributed by atoms with Gasteiger partial charge in [-0.3, -0.25) is 0 Å². The van der Waals surface area contributed by atoms with Crippen molar-refractivity contribution in [2.45, 2.75) is 39.3 Å². The lowest BCUT2D eigenvalue weighted by molar-refractivity contribution is -0.278. The van der Waals surface area contributed by atoms with Crippen LogP contribution in [0.2, 0.25) is 0 Å². The molecule has 0 bridgehead atoms. The monoisotopic (exact) mass is 528 g/mol. The third kappa shape index (κ3) is 5.26. The third-order valence-electron chi connectivity index (χ3n) is 5.39. The molecule has 0 saturated heterocycles. The first-order valence-corrected chi connectivity index (χ1v) is 11.5. The lowest BCUT2D eigenvalue weighted by Gasteiger charge is -2.34. The molecule has 1 aliphatic heterocycles. The molecule has 0 amide bonds. The number of benzene rings is 2. The van der Waals surface area contributed by atoms with Crippen LogP contribution in [0, 0.1) is 6.92 Å². The Hall–Kier alpha value is -3.31. The molecule has 0 fully saturated rings. The number of aromatic nitrogens is 4. The number of halogens is 1. The van der Waals surface area contributed by atoms with Crippen LogP contribution in [0.1, 0.15) is 34.8 Å². The summed E-state index contributed by atoms with van der Waals surface area (Å²) in [6, 6.07) is 13.2. The highest BCUT2D eigenvalue weighted by atomic mass is 79.9. The van der Waals surface area contributed by atoms with Crippen LogP contribution in [0.5, 0.6) is 5.75 Å². The summed E-state index contributed by atoms with van der Waals surface area (Å²) in [5.74, 6) is -1.31. The van der Waals surface area contributed by atoms with Crippen molar-refractivity contribution >= 4 is 27.6 Å². The van der Waals surface area contributed by atoms with Crippen LogP contribution in [0.15, 0.2) is 58.4 Å². The maximum atomic E-state index is 13.3. The van der Waals surface area contributed by atoms with Crippen LogP contribution in [0.25, 0.3) is 0 Å². The second-order valence-electron chi connectivity index (χ2n) is 7.88. The van der Waals surface area contributed by atoms with E-state index >= 15 is 0 Å². The molecular weight excluding hydrogens is 504 g/mol. The number of hydrogen-bond acceptors (Lipinski definition) is 9. The van der Waals surface area contributed by atoms with Crippen LogP contribution in [-0.4, -0.2) is 56.5 Å². The Kier molecular flexibility index (Phi) is 7.23. The van der Waals surface area contributed by atoms with E-state index in [9.17, 15) is 4.79 Å². The van der Waals surface area contributed by atoms with Crippen molar-refractivity contribution in [3.05, 3.63) is 70.0 Å². The van der Waals surface area contributed by atoms with Gasteiger partial charge in [-0.2, -0.15) is 5.10 Å². The van der Waals surface area contributed by atoms with E-state index < -0.39 is 11.9 Å². The molecular formula is C23H25BrN6O4. The number of tetrazole rings is 1. The number of ether oxygens (including phenoxy) is 3. The number of carbonyl (C=O) groups excluding carboxylic acids is 1. The maximum Gasteiger partial charge on any atom is 0.342 e. The topological polar surface area (TPSA) is 104 Å². The van der Waals surface area contributed by atoms with Gasteiger partial charge in [0.1, 0.15) is 18.7 Å². The highest BCUT2D eigenvalue weighted by molar-refractivity contribution is 9.10. The maximum absolute atomic E-state index is 13.3. The highest BCUT2D eigenvalue weighted by Gasteiger charge is 2.45. The van der Waals surface area contributed by atoms with Crippen LogP contribution < -0.4 is 4.74 Å². The van der Waals surface area contributed by atoms with E-state index in [0.29, 0.717) is 36.4 Å². The predicted octanol–water partition coefficient (Wildman–Crippen LogP) is 3.56. The zero-order valence-electron chi connectivity index (χ0n) is 19.1. The zero-order chi connectivity index (χ0) is 24.1. The summed E-state index contributed by atoms with van der Waals surface area (Å²) in [5.41, 5.74) is 2.80. The predicted molar refractivity (Wildman–Crippen MR) is 127 cm³/mol. The highest BCUT2D eigenvalue weighted by Crippen LogP contribution is 2.35. The van der Waals surface area contributed by atoms with Gasteiger partial charge in [0.05, 0.1) is 29.6 Å². The molecule has 2 heterocycles. The van der Waals surface area contributed by atoms with Crippen molar-refractivity contribution < 1.29 is 19.0 Å². The van der Waals surface area contributed by atoms with Crippen molar-refractivity contribution in [2.75, 3.05) is 13.7 Å². The van der Waals surface area contributed by atoms with E-state index in [1.165, 1.54) is 6.33 Å². The minimum atomic E-state index is -1.34. The Balaban J connectivity index is 1.51. The second-order valence-corrected chi connectivity index (χ2v) is 8.74. The number of carbonyl (C=O) groups is 1. The van der Waals surface area contributed by atoms with Gasteiger partial charge in [0, 0.05) is 18.3 Å². The average Bonchev–Trinajstić information content (AvgIpc) is 3.43. The Morgan fingerprint density at radius 2 is 1.97 bits per heavy atom. The molecule has 178 valence electrons. The lowest BCUT2D eigenvalue weighted by Crippen LogP contribution is -2.47. The SMILES string of the molecule is CC1=NN(C)C(OCc2ccccc2)(OC(=O)c2ccc(Br)c(OCCn3cnnn3)c2C)C1. The second kappa shape index (κ2) is 10.3. The number of rotatable bonds is 9. The van der Waals surface area contributed by atoms with E-state index in [1.807, 2.05) is 44.2 Å². The zero-order valence-corrected chi connectivity index (χ0v) is 20.7. The standard InChI is InChI=1S/C23H25BrN6O4/c1-16-13-23(29(3)26-16,33-14-18-7-5-4-6-8-18)34-22(31)19-9-10-20(24)21(17(19)2)32-12-11-30-15-25-27-28-30/h4-10,15H,11-14H2,1-3H3. The largest absolute Gasteiger partial charge is 0.490 e. The molecule has 10 nitrogen and oxygen atoms in total.